The number of carbonyl (C=O) groups is 1. The molecule has 8 heteroatoms. The second-order valence-corrected chi connectivity index (χ2v) is 8.28. The molecule has 0 unspecified atom stereocenters. The number of hydrogen-bond donors (Lipinski definition) is 2. The van der Waals surface area contributed by atoms with E-state index in [1.165, 1.54) is 37.7 Å². The van der Waals surface area contributed by atoms with Crippen LogP contribution in [0.4, 0.5) is 4.39 Å². The maximum absolute atomic E-state index is 14.1. The SMILES string of the molecule is COc1cc(/C=C2/C(C)=C(CC(=O)NCc3cscn3)c3cc(F)ccc32)cc(OC)c1O. The van der Waals surface area contributed by atoms with Crippen molar-refractivity contribution in [2.24, 2.45) is 0 Å². The van der Waals surface area contributed by atoms with Gasteiger partial charge in [0, 0.05) is 5.38 Å². The lowest BCUT2D eigenvalue weighted by Gasteiger charge is -2.11. The Bertz CT molecular complexity index is 1240. The molecule has 0 aliphatic heterocycles. The lowest BCUT2D eigenvalue weighted by Crippen LogP contribution is -2.22. The van der Waals surface area contributed by atoms with Crippen LogP contribution in [0.15, 0.2) is 46.8 Å². The zero-order valence-electron chi connectivity index (χ0n) is 18.4. The summed E-state index contributed by atoms with van der Waals surface area (Å²) in [6.07, 6.45) is 2.03. The van der Waals surface area contributed by atoms with Crippen LogP contribution < -0.4 is 14.8 Å². The average Bonchev–Trinajstić information content (AvgIpc) is 3.41. The van der Waals surface area contributed by atoms with Gasteiger partial charge in [0.15, 0.2) is 11.5 Å². The van der Waals surface area contributed by atoms with Crippen LogP contribution in [-0.2, 0) is 11.3 Å². The summed E-state index contributed by atoms with van der Waals surface area (Å²) >= 11 is 1.47. The van der Waals surface area contributed by atoms with E-state index in [-0.39, 0.29) is 35.4 Å². The molecule has 4 rings (SSSR count). The number of aromatic nitrogens is 1. The molecular weight excluding hydrogens is 443 g/mol. The van der Waals surface area contributed by atoms with Crippen molar-refractivity contribution in [3.63, 3.8) is 0 Å². The predicted octanol–water partition coefficient (Wildman–Crippen LogP) is 5.04. The van der Waals surface area contributed by atoms with Gasteiger partial charge in [0.05, 0.1) is 38.4 Å². The lowest BCUT2D eigenvalue weighted by atomic mass is 10.00. The summed E-state index contributed by atoms with van der Waals surface area (Å²) in [5.74, 6) is -0.0534. The molecule has 1 aromatic heterocycles. The first kappa shape index (κ1) is 22.5. The number of phenolic OH excluding ortho intramolecular Hbond substituents is 1. The van der Waals surface area contributed by atoms with Gasteiger partial charge in [-0.1, -0.05) is 6.07 Å². The van der Waals surface area contributed by atoms with E-state index in [0.717, 1.165) is 33.5 Å². The Morgan fingerprint density at radius 3 is 2.55 bits per heavy atom. The summed E-state index contributed by atoms with van der Waals surface area (Å²) in [6.45, 7) is 2.27. The highest BCUT2D eigenvalue weighted by atomic mass is 32.1. The van der Waals surface area contributed by atoms with E-state index in [9.17, 15) is 14.3 Å². The highest BCUT2D eigenvalue weighted by Gasteiger charge is 2.26. The number of ether oxygens (including phenoxy) is 2. The number of hydrogen-bond acceptors (Lipinski definition) is 6. The van der Waals surface area contributed by atoms with E-state index in [0.29, 0.717) is 12.1 Å². The number of carbonyl (C=O) groups excluding carboxylic acids is 1. The van der Waals surface area contributed by atoms with Crippen LogP contribution in [0.1, 0.15) is 35.7 Å². The van der Waals surface area contributed by atoms with E-state index in [1.807, 2.05) is 18.4 Å². The van der Waals surface area contributed by atoms with E-state index in [2.05, 4.69) is 10.3 Å². The molecule has 2 N–H and O–H groups in total. The Kier molecular flexibility index (Phi) is 6.46. The van der Waals surface area contributed by atoms with Crippen molar-refractivity contribution in [2.75, 3.05) is 14.2 Å². The van der Waals surface area contributed by atoms with Crippen LogP contribution in [0.25, 0.3) is 17.2 Å². The number of amides is 1. The predicted molar refractivity (Wildman–Crippen MR) is 127 cm³/mol. The van der Waals surface area contributed by atoms with E-state index >= 15 is 0 Å². The highest BCUT2D eigenvalue weighted by Crippen LogP contribution is 2.45. The van der Waals surface area contributed by atoms with Gasteiger partial charge in [-0.3, -0.25) is 4.79 Å². The monoisotopic (exact) mass is 466 g/mol. The van der Waals surface area contributed by atoms with E-state index < -0.39 is 0 Å². The smallest absolute Gasteiger partial charge is 0.224 e. The number of nitrogens with zero attached hydrogens (tertiary/aromatic N) is 1. The molecule has 0 radical (unpaired) electrons. The fourth-order valence-electron chi connectivity index (χ4n) is 3.88. The second-order valence-electron chi connectivity index (χ2n) is 7.56. The minimum absolute atomic E-state index is 0.0826. The Morgan fingerprint density at radius 1 is 1.18 bits per heavy atom. The quantitative estimate of drug-likeness (QED) is 0.510. The largest absolute Gasteiger partial charge is 0.502 e. The Labute approximate surface area is 195 Å². The third-order valence-corrected chi connectivity index (χ3v) is 6.19. The van der Waals surface area contributed by atoms with Gasteiger partial charge < -0.3 is 19.9 Å². The third kappa shape index (κ3) is 4.61. The molecule has 1 aliphatic carbocycles. The van der Waals surface area contributed by atoms with Crippen LogP contribution >= 0.6 is 11.3 Å². The average molecular weight is 467 g/mol. The number of allylic oxidation sites excluding steroid dienone is 2. The summed E-state index contributed by atoms with van der Waals surface area (Å²) in [5, 5.41) is 15.0. The Hall–Kier alpha value is -3.65. The lowest BCUT2D eigenvalue weighted by molar-refractivity contribution is -0.120. The normalized spacial score (nSPS) is 13.9. The first-order valence-corrected chi connectivity index (χ1v) is 11.2. The van der Waals surface area contributed by atoms with Gasteiger partial charge in [-0.25, -0.2) is 9.37 Å². The Morgan fingerprint density at radius 2 is 1.91 bits per heavy atom. The molecule has 1 heterocycles. The molecule has 1 aliphatic rings. The number of phenols is 1. The van der Waals surface area contributed by atoms with Crippen molar-refractivity contribution in [1.82, 2.24) is 10.3 Å². The zero-order chi connectivity index (χ0) is 23.5. The van der Waals surface area contributed by atoms with E-state index in [1.54, 1.807) is 23.7 Å². The van der Waals surface area contributed by atoms with Crippen LogP contribution in [0, 0.1) is 5.82 Å². The fraction of sp³-hybridized carbons (Fsp3) is 0.200. The van der Waals surface area contributed by atoms with Crippen molar-refractivity contribution < 1.29 is 23.8 Å². The zero-order valence-corrected chi connectivity index (χ0v) is 19.3. The molecule has 0 bridgehead atoms. The van der Waals surface area contributed by atoms with Gasteiger partial charge in [-0.2, -0.15) is 0 Å². The van der Waals surface area contributed by atoms with Crippen LogP contribution in [0.5, 0.6) is 17.2 Å². The van der Waals surface area contributed by atoms with Gasteiger partial charge in [-0.05, 0) is 70.7 Å². The molecule has 0 saturated heterocycles. The number of aromatic hydroxyl groups is 1. The third-order valence-electron chi connectivity index (χ3n) is 5.55. The van der Waals surface area contributed by atoms with Crippen LogP contribution in [0.3, 0.4) is 0 Å². The molecule has 33 heavy (non-hydrogen) atoms. The number of nitrogens with one attached hydrogen (secondary N) is 1. The maximum Gasteiger partial charge on any atom is 0.224 e. The van der Waals surface area contributed by atoms with Gasteiger partial charge in [-0.15, -0.1) is 11.3 Å². The number of fused-ring (bicyclic) bond motifs is 1. The Balaban J connectivity index is 1.70. The van der Waals surface area contributed by atoms with Crippen molar-refractivity contribution in [1.29, 1.82) is 0 Å². The molecule has 1 amide bonds. The molecule has 6 nitrogen and oxygen atoms in total. The van der Waals surface area contributed by atoms with Crippen molar-refractivity contribution in [2.45, 2.75) is 19.9 Å². The molecule has 170 valence electrons. The standard InChI is InChI=1S/C25H23FN2O4S/c1-14-19(6-15-7-22(31-2)25(30)23(8-15)32-3)18-5-4-16(26)9-21(18)20(14)10-24(29)27-11-17-12-33-13-28-17/h4-9,12-13,30H,10-11H2,1-3H3,(H,27,29)/b19-6-. The minimum atomic E-state index is -0.365. The number of rotatable bonds is 7. The van der Waals surface area contributed by atoms with Crippen LogP contribution in [0.2, 0.25) is 0 Å². The molecule has 0 spiro atoms. The molecule has 3 aromatic rings. The summed E-state index contributed by atoms with van der Waals surface area (Å²) in [7, 11) is 2.93. The molecule has 0 fully saturated rings. The molecular formula is C25H23FN2O4S. The summed E-state index contributed by atoms with van der Waals surface area (Å²) < 4.78 is 24.6. The topological polar surface area (TPSA) is 80.7 Å². The number of benzene rings is 2. The summed E-state index contributed by atoms with van der Waals surface area (Å²) in [4.78, 5) is 16.8. The van der Waals surface area contributed by atoms with Crippen molar-refractivity contribution >= 4 is 34.5 Å². The summed E-state index contributed by atoms with van der Waals surface area (Å²) in [5.41, 5.74) is 7.29. The minimum Gasteiger partial charge on any atom is -0.502 e. The number of halogens is 1. The van der Waals surface area contributed by atoms with E-state index in [4.69, 9.17) is 9.47 Å². The van der Waals surface area contributed by atoms with Crippen LogP contribution in [-0.4, -0.2) is 30.2 Å². The number of methoxy groups -OCH3 is 2. The van der Waals surface area contributed by atoms with Crippen molar-refractivity contribution in [3.05, 3.63) is 75.0 Å². The highest BCUT2D eigenvalue weighted by molar-refractivity contribution is 7.07. The van der Waals surface area contributed by atoms with Gasteiger partial charge in [0.1, 0.15) is 5.82 Å². The maximum atomic E-state index is 14.1. The number of thiazole rings is 1. The molecule has 2 aromatic carbocycles. The van der Waals surface area contributed by atoms with Gasteiger partial charge >= 0.3 is 0 Å². The molecule has 0 saturated carbocycles. The van der Waals surface area contributed by atoms with Gasteiger partial charge in [0.25, 0.3) is 0 Å². The summed E-state index contributed by atoms with van der Waals surface area (Å²) in [6, 6.07) is 7.97. The first-order valence-electron chi connectivity index (χ1n) is 10.2. The first-order chi connectivity index (χ1) is 15.9. The second kappa shape index (κ2) is 9.46. The van der Waals surface area contributed by atoms with Gasteiger partial charge in [0.2, 0.25) is 11.7 Å². The molecule has 0 atom stereocenters. The van der Waals surface area contributed by atoms with Crippen molar-refractivity contribution in [3.8, 4) is 17.2 Å². The fourth-order valence-corrected chi connectivity index (χ4v) is 4.44.